The molecule has 1 unspecified atom stereocenters. The van der Waals surface area contributed by atoms with Crippen molar-refractivity contribution < 1.29 is 14.2 Å². The zero-order chi connectivity index (χ0) is 14.5. The van der Waals surface area contributed by atoms with E-state index >= 15 is 0 Å². The van der Waals surface area contributed by atoms with Crippen LogP contribution in [0.15, 0.2) is 18.2 Å². The van der Waals surface area contributed by atoms with Crippen molar-refractivity contribution in [2.75, 3.05) is 19.9 Å². The Labute approximate surface area is 130 Å². The summed E-state index contributed by atoms with van der Waals surface area (Å²) in [6.45, 7) is 2.72. The fourth-order valence-corrected chi connectivity index (χ4v) is 2.69. The molecule has 21 heavy (non-hydrogen) atoms. The molecule has 0 radical (unpaired) electrons. The van der Waals surface area contributed by atoms with E-state index in [1.54, 1.807) is 0 Å². The van der Waals surface area contributed by atoms with Crippen molar-refractivity contribution in [3.63, 3.8) is 0 Å². The number of nitrogens with one attached hydrogen (secondary N) is 2. The van der Waals surface area contributed by atoms with Crippen LogP contribution in [0.1, 0.15) is 24.8 Å². The maximum atomic E-state index is 5.58. The number of hydrogen-bond acceptors (Lipinski definition) is 4. The molecule has 0 spiro atoms. The molecule has 5 nitrogen and oxygen atoms in total. The molecule has 0 saturated carbocycles. The lowest BCUT2D eigenvalue weighted by Crippen LogP contribution is -2.36. The minimum Gasteiger partial charge on any atom is -0.454 e. The van der Waals surface area contributed by atoms with E-state index in [1.165, 1.54) is 12.8 Å². The summed E-state index contributed by atoms with van der Waals surface area (Å²) in [4.78, 5) is 0. The summed E-state index contributed by atoms with van der Waals surface area (Å²) in [5.74, 6) is 1.60. The van der Waals surface area contributed by atoms with Crippen LogP contribution in [0.2, 0.25) is 0 Å². The molecule has 6 heteroatoms. The van der Waals surface area contributed by atoms with Gasteiger partial charge in [-0.05, 0) is 49.2 Å². The molecule has 1 aromatic rings. The molecule has 3 rings (SSSR count). The Morgan fingerprint density at radius 1 is 1.24 bits per heavy atom. The summed E-state index contributed by atoms with van der Waals surface area (Å²) in [5.41, 5.74) is 1.11. The Morgan fingerprint density at radius 3 is 3.00 bits per heavy atom. The highest BCUT2D eigenvalue weighted by Crippen LogP contribution is 2.32. The summed E-state index contributed by atoms with van der Waals surface area (Å²) in [5, 5.41) is 7.09. The fraction of sp³-hybridized carbons (Fsp3) is 0.533. The summed E-state index contributed by atoms with van der Waals surface area (Å²) in [6.07, 6.45) is 3.75. The maximum absolute atomic E-state index is 5.58. The van der Waals surface area contributed by atoms with Crippen molar-refractivity contribution >= 4 is 17.3 Å². The van der Waals surface area contributed by atoms with Gasteiger partial charge in [0, 0.05) is 19.7 Å². The molecule has 1 atom stereocenters. The third-order valence-corrected chi connectivity index (χ3v) is 3.95. The Hall–Kier alpha value is -1.53. The van der Waals surface area contributed by atoms with Crippen LogP contribution in [-0.4, -0.2) is 31.2 Å². The van der Waals surface area contributed by atoms with Crippen molar-refractivity contribution in [3.8, 4) is 11.5 Å². The average Bonchev–Trinajstić information content (AvgIpc) is 3.15. The first-order valence-corrected chi connectivity index (χ1v) is 7.74. The van der Waals surface area contributed by atoms with E-state index < -0.39 is 0 Å². The molecule has 0 aromatic heterocycles. The highest BCUT2D eigenvalue weighted by atomic mass is 32.1. The van der Waals surface area contributed by atoms with Crippen molar-refractivity contribution in [3.05, 3.63) is 23.8 Å². The first-order chi connectivity index (χ1) is 10.3. The SMILES string of the molecule is S=C(NCCC1CCCO1)NCc1ccc2c(c1)OCO2. The van der Waals surface area contributed by atoms with Crippen molar-refractivity contribution in [2.24, 2.45) is 0 Å². The van der Waals surface area contributed by atoms with Crippen LogP contribution >= 0.6 is 12.2 Å². The smallest absolute Gasteiger partial charge is 0.231 e. The highest BCUT2D eigenvalue weighted by molar-refractivity contribution is 7.80. The van der Waals surface area contributed by atoms with Gasteiger partial charge in [-0.2, -0.15) is 0 Å². The molecule has 1 fully saturated rings. The lowest BCUT2D eigenvalue weighted by Gasteiger charge is -2.13. The molecule has 2 aliphatic rings. The number of hydrogen-bond donors (Lipinski definition) is 2. The number of thiocarbonyl (C=S) groups is 1. The normalized spacial score (nSPS) is 19.5. The summed E-state index contributed by atoms with van der Waals surface area (Å²) in [6, 6.07) is 5.91. The zero-order valence-corrected chi connectivity index (χ0v) is 12.7. The van der Waals surface area contributed by atoms with Gasteiger partial charge < -0.3 is 24.8 Å². The van der Waals surface area contributed by atoms with Crippen molar-refractivity contribution in [1.82, 2.24) is 10.6 Å². The maximum Gasteiger partial charge on any atom is 0.231 e. The standard InChI is InChI=1S/C15H20N2O3S/c21-15(16-6-5-12-2-1-7-18-12)17-9-11-3-4-13-14(8-11)20-10-19-13/h3-4,8,12H,1-2,5-7,9-10H2,(H2,16,17,21). The molecular weight excluding hydrogens is 288 g/mol. The quantitative estimate of drug-likeness (QED) is 0.811. The van der Waals surface area contributed by atoms with E-state index in [9.17, 15) is 0 Å². The lowest BCUT2D eigenvalue weighted by atomic mass is 10.2. The number of ether oxygens (including phenoxy) is 3. The van der Waals surface area contributed by atoms with E-state index in [0.717, 1.165) is 36.6 Å². The van der Waals surface area contributed by atoms with Gasteiger partial charge in [0.25, 0.3) is 0 Å². The topological polar surface area (TPSA) is 51.8 Å². The minimum absolute atomic E-state index is 0.301. The summed E-state index contributed by atoms with van der Waals surface area (Å²) >= 11 is 5.27. The van der Waals surface area contributed by atoms with Gasteiger partial charge in [0.05, 0.1) is 6.10 Å². The van der Waals surface area contributed by atoms with E-state index in [4.69, 9.17) is 26.4 Å². The predicted octanol–water partition coefficient (Wildman–Crippen LogP) is 1.95. The molecule has 1 aromatic carbocycles. The van der Waals surface area contributed by atoms with Crippen LogP contribution in [0, 0.1) is 0 Å². The molecule has 1 saturated heterocycles. The van der Waals surface area contributed by atoms with E-state index in [-0.39, 0.29) is 0 Å². The largest absolute Gasteiger partial charge is 0.454 e. The van der Waals surface area contributed by atoms with Gasteiger partial charge in [0.15, 0.2) is 16.6 Å². The third kappa shape index (κ3) is 3.98. The van der Waals surface area contributed by atoms with Gasteiger partial charge in [-0.25, -0.2) is 0 Å². The minimum atomic E-state index is 0.301. The fourth-order valence-electron chi connectivity index (χ4n) is 2.51. The predicted molar refractivity (Wildman–Crippen MR) is 83.6 cm³/mol. The van der Waals surface area contributed by atoms with E-state index in [1.807, 2.05) is 18.2 Å². The van der Waals surface area contributed by atoms with Gasteiger partial charge in [-0.3, -0.25) is 0 Å². The van der Waals surface area contributed by atoms with Gasteiger partial charge >= 0.3 is 0 Å². The van der Waals surface area contributed by atoms with Gasteiger partial charge in [-0.1, -0.05) is 6.07 Å². The van der Waals surface area contributed by atoms with Crippen LogP contribution in [-0.2, 0) is 11.3 Å². The lowest BCUT2D eigenvalue weighted by molar-refractivity contribution is 0.105. The van der Waals surface area contributed by atoms with Crippen LogP contribution < -0.4 is 20.1 Å². The van der Waals surface area contributed by atoms with Crippen molar-refractivity contribution in [1.29, 1.82) is 0 Å². The second kappa shape index (κ2) is 6.95. The molecule has 2 aliphatic heterocycles. The van der Waals surface area contributed by atoms with Gasteiger partial charge in [0.1, 0.15) is 0 Å². The Balaban J connectivity index is 1.37. The monoisotopic (exact) mass is 308 g/mol. The zero-order valence-electron chi connectivity index (χ0n) is 11.9. The number of fused-ring (bicyclic) bond motifs is 1. The van der Waals surface area contributed by atoms with Crippen molar-refractivity contribution in [2.45, 2.75) is 31.9 Å². The third-order valence-electron chi connectivity index (χ3n) is 3.67. The number of rotatable bonds is 5. The number of benzene rings is 1. The average molecular weight is 308 g/mol. The molecule has 0 bridgehead atoms. The highest BCUT2D eigenvalue weighted by Gasteiger charge is 2.15. The molecule has 0 amide bonds. The molecule has 114 valence electrons. The van der Waals surface area contributed by atoms with Crippen LogP contribution in [0.3, 0.4) is 0 Å². The molecular formula is C15H20N2O3S. The second-order valence-corrected chi connectivity index (χ2v) is 5.63. The van der Waals surface area contributed by atoms with E-state index in [0.29, 0.717) is 24.6 Å². The molecule has 2 heterocycles. The van der Waals surface area contributed by atoms with Crippen LogP contribution in [0.5, 0.6) is 11.5 Å². The Morgan fingerprint density at radius 2 is 2.14 bits per heavy atom. The van der Waals surface area contributed by atoms with Crippen LogP contribution in [0.4, 0.5) is 0 Å². The van der Waals surface area contributed by atoms with Crippen LogP contribution in [0.25, 0.3) is 0 Å². The Bertz CT molecular complexity index is 504. The molecule has 0 aliphatic carbocycles. The summed E-state index contributed by atoms with van der Waals surface area (Å²) in [7, 11) is 0. The first kappa shape index (κ1) is 14.4. The summed E-state index contributed by atoms with van der Waals surface area (Å²) < 4.78 is 16.2. The first-order valence-electron chi connectivity index (χ1n) is 7.33. The van der Waals surface area contributed by atoms with E-state index in [2.05, 4.69) is 10.6 Å². The molecule has 2 N–H and O–H groups in total. The van der Waals surface area contributed by atoms with Gasteiger partial charge in [-0.15, -0.1) is 0 Å². The Kier molecular flexibility index (Phi) is 4.77. The van der Waals surface area contributed by atoms with Gasteiger partial charge in [0.2, 0.25) is 6.79 Å². The second-order valence-electron chi connectivity index (χ2n) is 5.22.